The summed E-state index contributed by atoms with van der Waals surface area (Å²) in [5, 5.41) is 0. The average Bonchev–Trinajstić information content (AvgIpc) is 2.78. The van der Waals surface area contributed by atoms with Crippen LogP contribution in [0.5, 0.6) is 5.75 Å². The van der Waals surface area contributed by atoms with Crippen molar-refractivity contribution in [2.75, 3.05) is 25.9 Å². The molecule has 98 valence electrons. The molecule has 0 atom stereocenters. The van der Waals surface area contributed by atoms with E-state index in [4.69, 9.17) is 10.5 Å². The van der Waals surface area contributed by atoms with Gasteiger partial charge in [0.25, 0.3) is 0 Å². The Balaban J connectivity index is 1.59. The van der Waals surface area contributed by atoms with E-state index in [1.807, 2.05) is 12.1 Å². The summed E-state index contributed by atoms with van der Waals surface area (Å²) in [6.45, 7) is 3.58. The van der Waals surface area contributed by atoms with Gasteiger partial charge in [-0.25, -0.2) is 0 Å². The molecule has 0 radical (unpaired) electrons. The van der Waals surface area contributed by atoms with Gasteiger partial charge in [-0.15, -0.1) is 0 Å². The van der Waals surface area contributed by atoms with Gasteiger partial charge in [0, 0.05) is 19.6 Å². The van der Waals surface area contributed by atoms with Crippen molar-refractivity contribution < 1.29 is 4.74 Å². The van der Waals surface area contributed by atoms with E-state index in [1.54, 1.807) is 7.11 Å². The van der Waals surface area contributed by atoms with Gasteiger partial charge < -0.3 is 10.5 Å². The molecule has 18 heavy (non-hydrogen) atoms. The Morgan fingerprint density at radius 3 is 2.61 bits per heavy atom. The van der Waals surface area contributed by atoms with E-state index < -0.39 is 0 Å². The predicted molar refractivity (Wildman–Crippen MR) is 73.6 cm³/mol. The average molecular weight is 246 g/mol. The third-order valence-electron chi connectivity index (χ3n) is 4.48. The third-order valence-corrected chi connectivity index (χ3v) is 4.48. The molecule has 0 unspecified atom stereocenters. The lowest BCUT2D eigenvalue weighted by molar-refractivity contribution is -0.000242. The number of methoxy groups -OCH3 is 1. The number of benzene rings is 1. The number of nitrogens with zero attached hydrogens (tertiary/aromatic N) is 1. The van der Waals surface area contributed by atoms with Crippen molar-refractivity contribution in [2.24, 2.45) is 5.41 Å². The second kappa shape index (κ2) is 4.47. The van der Waals surface area contributed by atoms with E-state index in [1.165, 1.54) is 44.3 Å². The minimum atomic E-state index is 0.679. The van der Waals surface area contributed by atoms with Gasteiger partial charge in [0.05, 0.1) is 12.8 Å². The Morgan fingerprint density at radius 1 is 1.28 bits per heavy atom. The number of anilines is 1. The van der Waals surface area contributed by atoms with Gasteiger partial charge in [-0.05, 0) is 36.0 Å². The maximum Gasteiger partial charge on any atom is 0.141 e. The molecule has 2 aliphatic rings. The van der Waals surface area contributed by atoms with E-state index in [0.29, 0.717) is 5.41 Å². The zero-order valence-corrected chi connectivity index (χ0v) is 11.1. The lowest BCUT2D eigenvalue weighted by Crippen LogP contribution is -2.54. The largest absolute Gasteiger partial charge is 0.495 e. The highest BCUT2D eigenvalue weighted by Gasteiger charge is 2.44. The van der Waals surface area contributed by atoms with Crippen LogP contribution in [0.2, 0.25) is 0 Å². The normalized spacial score (nSPS) is 22.1. The molecule has 0 bridgehead atoms. The van der Waals surface area contributed by atoms with Crippen LogP contribution >= 0.6 is 0 Å². The third kappa shape index (κ3) is 2.07. The highest BCUT2D eigenvalue weighted by molar-refractivity contribution is 5.54. The highest BCUT2D eigenvalue weighted by atomic mass is 16.5. The molecule has 1 aromatic rings. The first-order chi connectivity index (χ1) is 8.71. The minimum Gasteiger partial charge on any atom is -0.495 e. The summed E-state index contributed by atoms with van der Waals surface area (Å²) in [6, 6.07) is 6.13. The molecule has 2 fully saturated rings. The lowest BCUT2D eigenvalue weighted by Gasteiger charge is -2.48. The van der Waals surface area contributed by atoms with Gasteiger partial charge >= 0.3 is 0 Å². The van der Waals surface area contributed by atoms with Gasteiger partial charge in [-0.3, -0.25) is 4.90 Å². The highest BCUT2D eigenvalue weighted by Crippen LogP contribution is 2.45. The zero-order chi connectivity index (χ0) is 12.6. The van der Waals surface area contributed by atoms with Crippen molar-refractivity contribution in [2.45, 2.75) is 32.2 Å². The van der Waals surface area contributed by atoms with E-state index in [-0.39, 0.29) is 0 Å². The predicted octanol–water partition coefficient (Wildman–Crippen LogP) is 2.65. The Morgan fingerprint density at radius 2 is 2.00 bits per heavy atom. The fourth-order valence-electron chi connectivity index (χ4n) is 3.60. The number of likely N-dealkylation sites (tertiary alicyclic amines) is 1. The molecular weight excluding hydrogens is 224 g/mol. The quantitative estimate of drug-likeness (QED) is 0.833. The maximum atomic E-state index is 5.94. The van der Waals surface area contributed by atoms with Gasteiger partial charge in [0.1, 0.15) is 5.75 Å². The van der Waals surface area contributed by atoms with Crippen LogP contribution in [0.1, 0.15) is 31.2 Å². The zero-order valence-electron chi connectivity index (χ0n) is 11.1. The monoisotopic (exact) mass is 246 g/mol. The van der Waals surface area contributed by atoms with Crippen LogP contribution in [0.4, 0.5) is 5.69 Å². The van der Waals surface area contributed by atoms with Gasteiger partial charge in [-0.1, -0.05) is 18.9 Å². The van der Waals surface area contributed by atoms with Crippen molar-refractivity contribution in [3.63, 3.8) is 0 Å². The second-order valence-corrected chi connectivity index (χ2v) is 5.93. The summed E-state index contributed by atoms with van der Waals surface area (Å²) in [7, 11) is 1.66. The van der Waals surface area contributed by atoms with Crippen LogP contribution in [-0.2, 0) is 6.54 Å². The first-order valence-corrected chi connectivity index (χ1v) is 6.86. The van der Waals surface area contributed by atoms with E-state index >= 15 is 0 Å². The van der Waals surface area contributed by atoms with E-state index in [9.17, 15) is 0 Å². The molecule has 1 aliphatic heterocycles. The van der Waals surface area contributed by atoms with Crippen molar-refractivity contribution in [3.8, 4) is 5.75 Å². The molecule has 3 rings (SSSR count). The first kappa shape index (κ1) is 11.8. The summed E-state index contributed by atoms with van der Waals surface area (Å²) in [5.41, 5.74) is 8.65. The van der Waals surface area contributed by atoms with Gasteiger partial charge in [0.2, 0.25) is 0 Å². The fraction of sp³-hybridized carbons (Fsp3) is 0.600. The summed E-state index contributed by atoms with van der Waals surface area (Å²) in [6.07, 6.45) is 5.75. The summed E-state index contributed by atoms with van der Waals surface area (Å²) in [4.78, 5) is 2.53. The van der Waals surface area contributed by atoms with Crippen molar-refractivity contribution in [1.82, 2.24) is 4.90 Å². The second-order valence-electron chi connectivity index (χ2n) is 5.93. The summed E-state index contributed by atoms with van der Waals surface area (Å²) < 4.78 is 5.18. The Labute approximate surface area is 109 Å². The van der Waals surface area contributed by atoms with Crippen LogP contribution in [0, 0.1) is 5.41 Å². The number of hydrogen-bond acceptors (Lipinski definition) is 3. The number of ether oxygens (including phenoxy) is 1. The molecule has 1 saturated carbocycles. The van der Waals surface area contributed by atoms with Crippen molar-refractivity contribution in [3.05, 3.63) is 23.8 Å². The van der Waals surface area contributed by atoms with Crippen LogP contribution in [0.3, 0.4) is 0 Å². The van der Waals surface area contributed by atoms with Crippen LogP contribution in [0.15, 0.2) is 18.2 Å². The van der Waals surface area contributed by atoms with E-state index in [2.05, 4.69) is 11.0 Å². The minimum absolute atomic E-state index is 0.679. The SMILES string of the molecule is COc1ccc(CN2CC3(CCCC3)C2)cc1N. The maximum absolute atomic E-state index is 5.94. The van der Waals surface area contributed by atoms with Crippen LogP contribution < -0.4 is 10.5 Å². The number of hydrogen-bond donors (Lipinski definition) is 1. The number of rotatable bonds is 3. The van der Waals surface area contributed by atoms with Gasteiger partial charge in [-0.2, -0.15) is 0 Å². The molecule has 1 saturated heterocycles. The Hall–Kier alpha value is -1.22. The molecule has 1 aromatic carbocycles. The molecule has 0 amide bonds. The standard InChI is InChI=1S/C15H22N2O/c1-18-14-5-4-12(8-13(14)16)9-17-10-15(11-17)6-2-3-7-15/h4-5,8H,2-3,6-7,9-11,16H2,1H3. The van der Waals surface area contributed by atoms with Crippen LogP contribution in [-0.4, -0.2) is 25.1 Å². The van der Waals surface area contributed by atoms with Gasteiger partial charge in [0.15, 0.2) is 0 Å². The smallest absolute Gasteiger partial charge is 0.141 e. The first-order valence-electron chi connectivity index (χ1n) is 6.86. The van der Waals surface area contributed by atoms with Crippen molar-refractivity contribution in [1.29, 1.82) is 0 Å². The molecule has 3 heteroatoms. The molecule has 0 aromatic heterocycles. The fourth-order valence-corrected chi connectivity index (χ4v) is 3.60. The molecule has 1 heterocycles. The molecule has 2 N–H and O–H groups in total. The number of nitrogens with two attached hydrogens (primary N) is 1. The topological polar surface area (TPSA) is 38.5 Å². The summed E-state index contributed by atoms with van der Waals surface area (Å²) in [5.74, 6) is 0.773. The Kier molecular flexibility index (Phi) is 2.94. The number of nitrogen functional groups attached to an aromatic ring is 1. The van der Waals surface area contributed by atoms with Crippen LogP contribution in [0.25, 0.3) is 0 Å². The molecule has 1 spiro atoms. The lowest BCUT2D eigenvalue weighted by atomic mass is 9.78. The van der Waals surface area contributed by atoms with Crippen molar-refractivity contribution >= 4 is 5.69 Å². The molecule has 3 nitrogen and oxygen atoms in total. The van der Waals surface area contributed by atoms with E-state index in [0.717, 1.165) is 18.0 Å². The summed E-state index contributed by atoms with van der Waals surface area (Å²) >= 11 is 0. The molecule has 1 aliphatic carbocycles. The molecular formula is C15H22N2O. The Bertz CT molecular complexity index is 430.